The van der Waals surface area contributed by atoms with Gasteiger partial charge in [0.25, 0.3) is 0 Å². The van der Waals surface area contributed by atoms with Crippen LogP contribution in [0.15, 0.2) is 0 Å². The average molecular weight is 269 g/mol. The fourth-order valence-electron chi connectivity index (χ4n) is 3.61. The fraction of sp³-hybridized carbons (Fsp3) is 0.929. The number of β-amino-alcohol motifs (C(OH)–C–C–N with tert-alkyl or cyclic N) is 1. The van der Waals surface area contributed by atoms with Gasteiger partial charge in [0, 0.05) is 32.2 Å². The molecule has 5 atom stereocenters. The molecule has 2 aliphatic rings. The number of hydrogen-bond donors (Lipinski definition) is 2. The monoisotopic (exact) mass is 269 g/mol. The molecule has 0 aliphatic carbocycles. The number of nitrogens with zero attached hydrogens (tertiary/aromatic N) is 2. The molecule has 3 unspecified atom stereocenters. The van der Waals surface area contributed by atoms with Crippen LogP contribution in [0.2, 0.25) is 0 Å². The van der Waals surface area contributed by atoms with Gasteiger partial charge in [-0.15, -0.1) is 0 Å². The fourth-order valence-corrected chi connectivity index (χ4v) is 3.61. The quantitative estimate of drug-likeness (QED) is 0.759. The van der Waals surface area contributed by atoms with Crippen molar-refractivity contribution in [2.45, 2.75) is 63.9 Å². The van der Waals surface area contributed by atoms with Gasteiger partial charge in [-0.05, 0) is 33.6 Å². The Bertz CT molecular complexity index is 327. The number of nitrogens with one attached hydrogen (secondary N) is 1. The smallest absolute Gasteiger partial charge is 0.239 e. The Morgan fingerprint density at radius 3 is 2.37 bits per heavy atom. The molecule has 2 heterocycles. The second-order valence-electron chi connectivity index (χ2n) is 6.14. The molecular formula is C14H27N3O2. The van der Waals surface area contributed by atoms with E-state index in [2.05, 4.69) is 24.1 Å². The molecule has 2 fully saturated rings. The number of aliphatic hydroxyl groups is 1. The largest absolute Gasteiger partial charge is 0.390 e. The zero-order chi connectivity index (χ0) is 14.2. The van der Waals surface area contributed by atoms with E-state index >= 15 is 0 Å². The Balaban J connectivity index is 2.02. The SMILES string of the molecule is CC1CCC(C)N1C(C)C(=O)N(C)[C@H]1CNC[C@@H]1O. The summed E-state index contributed by atoms with van der Waals surface area (Å²) >= 11 is 0. The minimum Gasteiger partial charge on any atom is -0.390 e. The van der Waals surface area contributed by atoms with E-state index in [0.717, 1.165) is 12.8 Å². The van der Waals surface area contributed by atoms with Crippen LogP contribution in [-0.2, 0) is 4.79 Å². The van der Waals surface area contributed by atoms with Gasteiger partial charge in [-0.1, -0.05) is 0 Å². The van der Waals surface area contributed by atoms with Crippen molar-refractivity contribution in [1.29, 1.82) is 0 Å². The summed E-state index contributed by atoms with van der Waals surface area (Å²) < 4.78 is 0. The lowest BCUT2D eigenvalue weighted by Gasteiger charge is -2.36. The number of likely N-dealkylation sites (tertiary alicyclic amines) is 1. The Morgan fingerprint density at radius 1 is 1.32 bits per heavy atom. The second kappa shape index (κ2) is 5.77. The summed E-state index contributed by atoms with van der Waals surface area (Å²) in [6.45, 7) is 7.64. The lowest BCUT2D eigenvalue weighted by atomic mass is 10.1. The summed E-state index contributed by atoms with van der Waals surface area (Å²) in [6.07, 6.45) is 1.88. The first-order valence-corrected chi connectivity index (χ1v) is 7.36. The van der Waals surface area contributed by atoms with Crippen LogP contribution in [0, 0.1) is 0 Å². The molecule has 110 valence electrons. The van der Waals surface area contributed by atoms with Crippen LogP contribution >= 0.6 is 0 Å². The Kier molecular flexibility index (Phi) is 4.48. The summed E-state index contributed by atoms with van der Waals surface area (Å²) in [7, 11) is 1.81. The van der Waals surface area contributed by atoms with Gasteiger partial charge in [0.15, 0.2) is 0 Å². The third-order valence-electron chi connectivity index (χ3n) is 4.82. The zero-order valence-electron chi connectivity index (χ0n) is 12.5. The molecule has 2 rings (SSSR count). The molecule has 1 amide bonds. The molecular weight excluding hydrogens is 242 g/mol. The topological polar surface area (TPSA) is 55.8 Å². The molecule has 0 radical (unpaired) electrons. The van der Waals surface area contributed by atoms with Crippen molar-refractivity contribution in [3.05, 3.63) is 0 Å². The van der Waals surface area contributed by atoms with Crippen LogP contribution in [0.5, 0.6) is 0 Å². The minimum atomic E-state index is -0.449. The van der Waals surface area contributed by atoms with Crippen molar-refractivity contribution in [3.8, 4) is 0 Å². The number of aliphatic hydroxyl groups excluding tert-OH is 1. The number of likely N-dealkylation sites (N-methyl/N-ethyl adjacent to an activating group) is 1. The van der Waals surface area contributed by atoms with Crippen LogP contribution in [0.3, 0.4) is 0 Å². The van der Waals surface area contributed by atoms with Crippen LogP contribution < -0.4 is 5.32 Å². The highest BCUT2D eigenvalue weighted by Gasteiger charge is 2.38. The lowest BCUT2D eigenvalue weighted by molar-refractivity contribution is -0.139. The van der Waals surface area contributed by atoms with E-state index in [-0.39, 0.29) is 18.0 Å². The molecule has 0 saturated carbocycles. The van der Waals surface area contributed by atoms with Gasteiger partial charge in [-0.2, -0.15) is 0 Å². The summed E-state index contributed by atoms with van der Waals surface area (Å²) in [5.41, 5.74) is 0. The molecule has 5 nitrogen and oxygen atoms in total. The third kappa shape index (κ3) is 2.78. The molecule has 0 aromatic heterocycles. The normalized spacial score (nSPS) is 37.5. The molecule has 5 heteroatoms. The molecule has 0 aromatic rings. The predicted octanol–water partition coefficient (Wildman–Crippen LogP) is 0.0388. The van der Waals surface area contributed by atoms with Crippen molar-refractivity contribution in [1.82, 2.24) is 15.1 Å². The van der Waals surface area contributed by atoms with E-state index in [9.17, 15) is 9.90 Å². The molecule has 0 aromatic carbocycles. The Hall–Kier alpha value is -0.650. The van der Waals surface area contributed by atoms with Crippen molar-refractivity contribution in [2.75, 3.05) is 20.1 Å². The molecule has 2 aliphatic heterocycles. The van der Waals surface area contributed by atoms with Gasteiger partial charge in [-0.25, -0.2) is 0 Å². The van der Waals surface area contributed by atoms with Crippen molar-refractivity contribution in [2.24, 2.45) is 0 Å². The van der Waals surface area contributed by atoms with Gasteiger partial charge in [0.1, 0.15) is 0 Å². The van der Waals surface area contributed by atoms with E-state index in [1.165, 1.54) is 0 Å². The van der Waals surface area contributed by atoms with Crippen molar-refractivity contribution >= 4 is 5.91 Å². The van der Waals surface area contributed by atoms with Gasteiger partial charge < -0.3 is 15.3 Å². The molecule has 0 spiro atoms. The van der Waals surface area contributed by atoms with E-state index < -0.39 is 6.10 Å². The Morgan fingerprint density at radius 2 is 1.89 bits per heavy atom. The van der Waals surface area contributed by atoms with Crippen LogP contribution in [0.4, 0.5) is 0 Å². The third-order valence-corrected chi connectivity index (χ3v) is 4.82. The lowest BCUT2D eigenvalue weighted by Crippen LogP contribution is -2.54. The van der Waals surface area contributed by atoms with Crippen molar-refractivity contribution in [3.63, 3.8) is 0 Å². The zero-order valence-corrected chi connectivity index (χ0v) is 12.5. The van der Waals surface area contributed by atoms with E-state index in [1.54, 1.807) is 4.90 Å². The van der Waals surface area contributed by atoms with Gasteiger partial charge in [0.2, 0.25) is 5.91 Å². The highest BCUT2D eigenvalue weighted by Crippen LogP contribution is 2.27. The van der Waals surface area contributed by atoms with Crippen LogP contribution in [-0.4, -0.2) is 71.2 Å². The Labute approximate surface area is 115 Å². The predicted molar refractivity (Wildman–Crippen MR) is 74.9 cm³/mol. The first-order chi connectivity index (χ1) is 8.93. The maximum absolute atomic E-state index is 12.6. The van der Waals surface area contributed by atoms with Crippen LogP contribution in [0.25, 0.3) is 0 Å². The molecule has 19 heavy (non-hydrogen) atoms. The maximum Gasteiger partial charge on any atom is 0.239 e. The number of carbonyl (C=O) groups excluding carboxylic acids is 1. The number of hydrogen-bond acceptors (Lipinski definition) is 4. The minimum absolute atomic E-state index is 0.0943. The van der Waals surface area contributed by atoms with Gasteiger partial charge in [-0.3, -0.25) is 9.69 Å². The highest BCUT2D eigenvalue weighted by molar-refractivity contribution is 5.81. The summed E-state index contributed by atoms with van der Waals surface area (Å²) in [6, 6.07) is 0.733. The average Bonchev–Trinajstić information content (AvgIpc) is 2.93. The maximum atomic E-state index is 12.6. The van der Waals surface area contributed by atoms with E-state index in [0.29, 0.717) is 25.2 Å². The summed E-state index contributed by atoms with van der Waals surface area (Å²) in [5, 5.41) is 13.0. The van der Waals surface area contributed by atoms with Crippen molar-refractivity contribution < 1.29 is 9.90 Å². The first-order valence-electron chi connectivity index (χ1n) is 7.36. The standard InChI is InChI=1S/C14H27N3O2/c1-9-5-6-10(2)17(9)11(3)14(19)16(4)12-7-15-8-13(12)18/h9-13,15,18H,5-8H2,1-4H3/t9?,10?,11?,12-,13-/m0/s1. The second-order valence-corrected chi connectivity index (χ2v) is 6.14. The number of rotatable bonds is 3. The van der Waals surface area contributed by atoms with E-state index in [4.69, 9.17) is 0 Å². The summed E-state index contributed by atoms with van der Waals surface area (Å²) in [5.74, 6) is 0.119. The highest BCUT2D eigenvalue weighted by atomic mass is 16.3. The number of carbonyl (C=O) groups is 1. The van der Waals surface area contributed by atoms with Gasteiger partial charge in [0.05, 0.1) is 18.2 Å². The molecule has 2 saturated heterocycles. The van der Waals surface area contributed by atoms with E-state index in [1.807, 2.05) is 14.0 Å². The van der Waals surface area contributed by atoms with Gasteiger partial charge >= 0.3 is 0 Å². The molecule has 0 bridgehead atoms. The molecule has 2 N–H and O–H groups in total. The number of amides is 1. The van der Waals surface area contributed by atoms with Crippen LogP contribution in [0.1, 0.15) is 33.6 Å². The first kappa shape index (κ1) is 14.8. The summed E-state index contributed by atoms with van der Waals surface area (Å²) in [4.78, 5) is 16.6.